The van der Waals surface area contributed by atoms with Gasteiger partial charge in [-0.2, -0.15) is 0 Å². The van der Waals surface area contributed by atoms with Crippen LogP contribution in [-0.2, 0) is 4.79 Å². The molecule has 1 fully saturated rings. The van der Waals surface area contributed by atoms with Gasteiger partial charge in [-0.05, 0) is 51.3 Å². The predicted molar refractivity (Wildman–Crippen MR) is 101 cm³/mol. The zero-order chi connectivity index (χ0) is 18.5. The van der Waals surface area contributed by atoms with Gasteiger partial charge in [-0.25, -0.2) is 4.98 Å². The van der Waals surface area contributed by atoms with Crippen LogP contribution >= 0.6 is 0 Å². The van der Waals surface area contributed by atoms with Gasteiger partial charge in [0.1, 0.15) is 11.6 Å². The normalized spacial score (nSPS) is 18.7. The van der Waals surface area contributed by atoms with Gasteiger partial charge in [0, 0.05) is 24.8 Å². The highest BCUT2D eigenvalue weighted by molar-refractivity contribution is 5.94. The van der Waals surface area contributed by atoms with Crippen molar-refractivity contribution in [2.75, 3.05) is 30.3 Å². The summed E-state index contributed by atoms with van der Waals surface area (Å²) in [5.41, 5.74) is 1.01. The number of carbonyl (C=O) groups excluding carboxylic acids is 1. The standard InChI is InChI=1S/C19H27N5O2/c1-4-16(19(25)22-18-10-14(3)26-23-18)24-9-8-15(12-24)11-20-17-7-5-6-13(2)21-17/h5-7,10,15-16H,4,8-9,11-12H2,1-3H3,(H,20,21)(H,22,23,25). The van der Waals surface area contributed by atoms with E-state index in [0.29, 0.717) is 17.5 Å². The van der Waals surface area contributed by atoms with Crippen LogP contribution in [0.15, 0.2) is 28.8 Å². The number of pyridine rings is 1. The molecule has 2 N–H and O–H groups in total. The summed E-state index contributed by atoms with van der Waals surface area (Å²) < 4.78 is 5.01. The number of anilines is 2. The number of hydrogen-bond donors (Lipinski definition) is 2. The van der Waals surface area contributed by atoms with Crippen molar-refractivity contribution < 1.29 is 9.32 Å². The summed E-state index contributed by atoms with van der Waals surface area (Å²) in [5.74, 6) is 2.57. The highest BCUT2D eigenvalue weighted by Crippen LogP contribution is 2.21. The van der Waals surface area contributed by atoms with Crippen LogP contribution in [-0.4, -0.2) is 46.6 Å². The van der Waals surface area contributed by atoms with E-state index >= 15 is 0 Å². The van der Waals surface area contributed by atoms with Crippen molar-refractivity contribution >= 4 is 17.5 Å². The Kier molecular flexibility index (Phi) is 5.88. The smallest absolute Gasteiger partial charge is 0.242 e. The number of likely N-dealkylation sites (tertiary alicyclic amines) is 1. The number of aromatic nitrogens is 2. The lowest BCUT2D eigenvalue weighted by Gasteiger charge is -2.25. The maximum atomic E-state index is 12.6. The van der Waals surface area contributed by atoms with Crippen molar-refractivity contribution in [1.29, 1.82) is 0 Å². The number of amides is 1. The van der Waals surface area contributed by atoms with Gasteiger partial charge < -0.3 is 15.2 Å². The number of aryl methyl sites for hydroxylation is 2. The summed E-state index contributed by atoms with van der Waals surface area (Å²) in [7, 11) is 0. The molecule has 1 saturated heterocycles. The maximum Gasteiger partial charge on any atom is 0.242 e. The number of carbonyl (C=O) groups is 1. The van der Waals surface area contributed by atoms with Gasteiger partial charge in [0.25, 0.3) is 0 Å². The van der Waals surface area contributed by atoms with Crippen molar-refractivity contribution in [1.82, 2.24) is 15.0 Å². The summed E-state index contributed by atoms with van der Waals surface area (Å²) in [6.07, 6.45) is 1.84. The molecule has 2 aromatic rings. The third-order valence-electron chi connectivity index (χ3n) is 4.79. The van der Waals surface area contributed by atoms with E-state index < -0.39 is 0 Å². The van der Waals surface area contributed by atoms with Gasteiger partial charge in [-0.1, -0.05) is 18.1 Å². The van der Waals surface area contributed by atoms with Crippen LogP contribution in [0, 0.1) is 19.8 Å². The Morgan fingerprint density at radius 2 is 2.23 bits per heavy atom. The molecule has 7 nitrogen and oxygen atoms in total. The Labute approximate surface area is 154 Å². The molecule has 7 heteroatoms. The molecule has 1 aliphatic heterocycles. The van der Waals surface area contributed by atoms with E-state index in [1.54, 1.807) is 13.0 Å². The van der Waals surface area contributed by atoms with Crippen LogP contribution in [0.4, 0.5) is 11.6 Å². The van der Waals surface area contributed by atoms with Crippen molar-refractivity contribution in [3.8, 4) is 0 Å². The first-order valence-corrected chi connectivity index (χ1v) is 9.21. The zero-order valence-corrected chi connectivity index (χ0v) is 15.7. The number of hydrogen-bond acceptors (Lipinski definition) is 6. The molecule has 3 heterocycles. The SMILES string of the molecule is CCC(C(=O)Nc1cc(C)on1)N1CCC(CNc2cccc(C)n2)C1. The first-order chi connectivity index (χ1) is 12.5. The van der Waals surface area contributed by atoms with Crippen LogP contribution < -0.4 is 10.6 Å². The second kappa shape index (κ2) is 8.31. The Morgan fingerprint density at radius 1 is 1.38 bits per heavy atom. The molecule has 3 rings (SSSR count). The molecule has 2 atom stereocenters. The molecule has 0 bridgehead atoms. The Bertz CT molecular complexity index is 745. The zero-order valence-electron chi connectivity index (χ0n) is 15.7. The fraction of sp³-hybridized carbons (Fsp3) is 0.526. The molecule has 0 spiro atoms. The second-order valence-electron chi connectivity index (χ2n) is 6.93. The lowest BCUT2D eigenvalue weighted by atomic mass is 10.1. The molecule has 2 unspecified atom stereocenters. The maximum absolute atomic E-state index is 12.6. The van der Waals surface area contributed by atoms with Gasteiger partial charge in [-0.3, -0.25) is 9.69 Å². The molecule has 1 amide bonds. The van der Waals surface area contributed by atoms with Gasteiger partial charge in [-0.15, -0.1) is 0 Å². The third kappa shape index (κ3) is 4.60. The van der Waals surface area contributed by atoms with Crippen LogP contribution in [0.5, 0.6) is 0 Å². The summed E-state index contributed by atoms with van der Waals surface area (Å²) in [4.78, 5) is 19.3. The van der Waals surface area contributed by atoms with Crippen LogP contribution in [0.25, 0.3) is 0 Å². The lowest BCUT2D eigenvalue weighted by molar-refractivity contribution is -0.121. The van der Waals surface area contributed by atoms with Crippen molar-refractivity contribution in [3.63, 3.8) is 0 Å². The average Bonchev–Trinajstić information content (AvgIpc) is 3.23. The fourth-order valence-corrected chi connectivity index (χ4v) is 3.45. The summed E-state index contributed by atoms with van der Waals surface area (Å²) in [6, 6.07) is 7.57. The minimum absolute atomic E-state index is 0.0187. The Hall–Kier alpha value is -2.41. The van der Waals surface area contributed by atoms with Gasteiger partial charge in [0.15, 0.2) is 5.82 Å². The first kappa shape index (κ1) is 18.4. The predicted octanol–water partition coefficient (Wildman–Crippen LogP) is 2.84. The van der Waals surface area contributed by atoms with E-state index in [1.807, 2.05) is 32.0 Å². The van der Waals surface area contributed by atoms with E-state index in [9.17, 15) is 4.79 Å². The Balaban J connectivity index is 1.51. The van der Waals surface area contributed by atoms with E-state index in [2.05, 4.69) is 25.7 Å². The molecule has 0 saturated carbocycles. The highest BCUT2D eigenvalue weighted by Gasteiger charge is 2.31. The van der Waals surface area contributed by atoms with Crippen molar-refractivity contribution in [2.24, 2.45) is 5.92 Å². The monoisotopic (exact) mass is 357 g/mol. The number of nitrogens with zero attached hydrogens (tertiary/aromatic N) is 3. The molecule has 26 heavy (non-hydrogen) atoms. The molecule has 0 radical (unpaired) electrons. The summed E-state index contributed by atoms with van der Waals surface area (Å²) >= 11 is 0. The third-order valence-corrected chi connectivity index (χ3v) is 4.79. The minimum atomic E-state index is -0.144. The minimum Gasteiger partial charge on any atom is -0.370 e. The van der Waals surface area contributed by atoms with E-state index in [1.165, 1.54) is 0 Å². The molecular formula is C19H27N5O2. The van der Waals surface area contributed by atoms with Crippen molar-refractivity contribution in [2.45, 2.75) is 39.7 Å². The van der Waals surface area contributed by atoms with Gasteiger partial charge in [0.05, 0.1) is 6.04 Å². The van der Waals surface area contributed by atoms with Crippen molar-refractivity contribution in [3.05, 3.63) is 35.7 Å². The topological polar surface area (TPSA) is 83.3 Å². The summed E-state index contributed by atoms with van der Waals surface area (Å²) in [5, 5.41) is 10.1. The van der Waals surface area contributed by atoms with Crippen LogP contribution in [0.3, 0.4) is 0 Å². The lowest BCUT2D eigenvalue weighted by Crippen LogP contribution is -2.42. The fourth-order valence-electron chi connectivity index (χ4n) is 3.45. The number of rotatable bonds is 7. The quantitative estimate of drug-likeness (QED) is 0.793. The van der Waals surface area contributed by atoms with Gasteiger partial charge in [0.2, 0.25) is 5.91 Å². The molecule has 0 aliphatic carbocycles. The first-order valence-electron chi connectivity index (χ1n) is 9.21. The largest absolute Gasteiger partial charge is 0.370 e. The molecule has 140 valence electrons. The Morgan fingerprint density at radius 3 is 2.92 bits per heavy atom. The number of nitrogens with one attached hydrogen (secondary N) is 2. The molecule has 1 aliphatic rings. The molecule has 0 aromatic carbocycles. The average molecular weight is 357 g/mol. The molecule has 2 aromatic heterocycles. The van der Waals surface area contributed by atoms with Gasteiger partial charge >= 0.3 is 0 Å². The van der Waals surface area contributed by atoms with E-state index in [4.69, 9.17) is 4.52 Å². The van der Waals surface area contributed by atoms with E-state index in [-0.39, 0.29) is 11.9 Å². The van der Waals surface area contributed by atoms with Crippen LogP contribution in [0.2, 0.25) is 0 Å². The second-order valence-corrected chi connectivity index (χ2v) is 6.93. The summed E-state index contributed by atoms with van der Waals surface area (Å²) in [6.45, 7) is 8.54. The highest BCUT2D eigenvalue weighted by atomic mass is 16.5. The van der Waals surface area contributed by atoms with E-state index in [0.717, 1.165) is 44.0 Å². The van der Waals surface area contributed by atoms with Crippen LogP contribution in [0.1, 0.15) is 31.2 Å². The molecular weight excluding hydrogens is 330 g/mol.